The Balaban J connectivity index is 2.53. The summed E-state index contributed by atoms with van der Waals surface area (Å²) in [6.07, 6.45) is 13.9. The second kappa shape index (κ2) is 15.2. The van der Waals surface area contributed by atoms with E-state index in [1.54, 1.807) is 43.4 Å². The third-order valence-corrected chi connectivity index (χ3v) is 5.15. The van der Waals surface area contributed by atoms with E-state index in [0.717, 1.165) is 0 Å². The third-order valence-electron chi connectivity index (χ3n) is 4.99. The maximum Gasteiger partial charge on any atom is 0.373 e. The zero-order valence-corrected chi connectivity index (χ0v) is 21.8. The highest BCUT2D eigenvalue weighted by Gasteiger charge is 2.31. The van der Waals surface area contributed by atoms with Crippen LogP contribution in [0.15, 0.2) is 59.5 Å². The van der Waals surface area contributed by atoms with Crippen molar-refractivity contribution in [3.63, 3.8) is 0 Å². The molecule has 0 saturated heterocycles. The molecule has 0 radical (unpaired) electrons. The van der Waals surface area contributed by atoms with Crippen molar-refractivity contribution in [1.82, 2.24) is 10.6 Å². The number of halogens is 1. The lowest BCUT2D eigenvalue weighted by atomic mass is 9.86. The lowest BCUT2D eigenvalue weighted by Gasteiger charge is -2.29. The number of ether oxygens (including phenoxy) is 2. The van der Waals surface area contributed by atoms with Crippen LogP contribution in [0.1, 0.15) is 53.4 Å². The summed E-state index contributed by atoms with van der Waals surface area (Å²) in [6, 6.07) is -0.775. The van der Waals surface area contributed by atoms with Crippen molar-refractivity contribution in [2.24, 2.45) is 5.41 Å². The van der Waals surface area contributed by atoms with Crippen LogP contribution in [-0.2, 0) is 23.9 Å². The quantitative estimate of drug-likeness (QED) is 0.210. The second-order valence-electron chi connectivity index (χ2n) is 9.19. The first-order valence-electron chi connectivity index (χ1n) is 11.5. The van der Waals surface area contributed by atoms with E-state index in [2.05, 4.69) is 10.6 Å². The van der Waals surface area contributed by atoms with Crippen LogP contribution in [0.5, 0.6) is 0 Å². The molecule has 1 aliphatic heterocycles. The van der Waals surface area contributed by atoms with Crippen LogP contribution in [0, 0.1) is 5.41 Å². The number of amides is 2. The first kappa shape index (κ1) is 30.2. The van der Waals surface area contributed by atoms with E-state index >= 15 is 0 Å². The minimum atomic E-state index is -0.775. The number of aliphatic hydroxyl groups is 1. The molecule has 8 nitrogen and oxygen atoms in total. The summed E-state index contributed by atoms with van der Waals surface area (Å²) < 4.78 is 10.2. The van der Waals surface area contributed by atoms with Crippen molar-refractivity contribution in [3.05, 3.63) is 59.5 Å². The second-order valence-corrected chi connectivity index (χ2v) is 9.79. The number of carbonyl (C=O) groups excluding carboxylic acids is 3. The highest BCUT2D eigenvalue weighted by Crippen LogP contribution is 2.20. The van der Waals surface area contributed by atoms with E-state index in [9.17, 15) is 19.5 Å². The largest absolute Gasteiger partial charge is 0.490 e. The van der Waals surface area contributed by atoms with Gasteiger partial charge in [-0.05, 0) is 37.5 Å². The van der Waals surface area contributed by atoms with Gasteiger partial charge in [-0.3, -0.25) is 9.59 Å². The summed E-state index contributed by atoms with van der Waals surface area (Å²) >= 11 is 5.75. The van der Waals surface area contributed by atoms with Crippen LogP contribution in [0.4, 0.5) is 0 Å². The number of methoxy groups -OCH3 is 1. The van der Waals surface area contributed by atoms with Gasteiger partial charge in [0, 0.05) is 23.9 Å². The maximum absolute atomic E-state index is 12.6. The van der Waals surface area contributed by atoms with E-state index < -0.39 is 29.4 Å². The fraction of sp³-hybridized carbons (Fsp3) is 0.500. The number of carbonyl (C=O) groups is 3. The van der Waals surface area contributed by atoms with E-state index in [-0.39, 0.29) is 17.8 Å². The van der Waals surface area contributed by atoms with Crippen molar-refractivity contribution in [2.75, 3.05) is 7.11 Å². The molecule has 9 heteroatoms. The van der Waals surface area contributed by atoms with Crippen LogP contribution >= 0.6 is 11.6 Å². The Kier molecular flexibility index (Phi) is 13.1. The average molecular weight is 509 g/mol. The number of hydrogen-bond donors (Lipinski definition) is 3. The van der Waals surface area contributed by atoms with Crippen molar-refractivity contribution in [2.45, 2.75) is 71.6 Å². The molecule has 0 saturated carbocycles. The predicted octanol–water partition coefficient (Wildman–Crippen LogP) is 3.78. The van der Waals surface area contributed by atoms with E-state index in [0.29, 0.717) is 30.7 Å². The van der Waals surface area contributed by atoms with Gasteiger partial charge in [-0.1, -0.05) is 62.8 Å². The highest BCUT2D eigenvalue weighted by molar-refractivity contribution is 6.29. The zero-order valence-electron chi connectivity index (χ0n) is 21.0. The molecule has 0 aromatic heterocycles. The monoisotopic (exact) mass is 508 g/mol. The summed E-state index contributed by atoms with van der Waals surface area (Å²) in [6.45, 7) is 7.29. The molecule has 0 bridgehead atoms. The summed E-state index contributed by atoms with van der Waals surface area (Å²) in [5.74, 6) is -1.05. The van der Waals surface area contributed by atoms with Gasteiger partial charge in [-0.15, -0.1) is 0 Å². The molecule has 1 heterocycles. The number of allylic oxidation sites excluding steroid dienone is 3. The minimum Gasteiger partial charge on any atom is -0.490 e. The molecule has 3 N–H and O–H groups in total. The normalized spacial score (nSPS) is 18.9. The van der Waals surface area contributed by atoms with Crippen LogP contribution in [0.2, 0.25) is 0 Å². The first-order chi connectivity index (χ1) is 16.4. The van der Waals surface area contributed by atoms with Gasteiger partial charge in [-0.2, -0.15) is 0 Å². The molecule has 0 aromatic carbocycles. The average Bonchev–Trinajstić information content (AvgIpc) is 2.77. The molecule has 1 aliphatic rings. The molecule has 0 unspecified atom stereocenters. The predicted molar refractivity (Wildman–Crippen MR) is 136 cm³/mol. The SMILES string of the molecule is COC1=CC[C@@H](C/C=C/C=C/C(=O)N[C@H](C(=O)N/C=C\C[C@@H](O)C/C=C(\C)Cl)C(C)(C)C)OC1=O. The Labute approximate surface area is 212 Å². The van der Waals surface area contributed by atoms with E-state index in [1.165, 1.54) is 19.4 Å². The Morgan fingerprint density at radius 3 is 2.60 bits per heavy atom. The van der Waals surface area contributed by atoms with E-state index in [4.69, 9.17) is 21.1 Å². The van der Waals surface area contributed by atoms with Crippen LogP contribution in [0.3, 0.4) is 0 Å². The van der Waals surface area contributed by atoms with E-state index in [1.807, 2.05) is 20.8 Å². The Bertz CT molecular complexity index is 879. The van der Waals surface area contributed by atoms with Crippen molar-refractivity contribution >= 4 is 29.4 Å². The molecule has 35 heavy (non-hydrogen) atoms. The molecule has 2 amide bonds. The summed E-state index contributed by atoms with van der Waals surface area (Å²) in [5.41, 5.74) is -0.529. The molecular weight excluding hydrogens is 472 g/mol. The molecule has 0 aliphatic carbocycles. The fourth-order valence-corrected chi connectivity index (χ4v) is 3.14. The number of nitrogens with one attached hydrogen (secondary N) is 2. The van der Waals surface area contributed by atoms with Gasteiger partial charge in [0.15, 0.2) is 5.76 Å². The molecular formula is C26H37ClN2O6. The molecule has 3 atom stereocenters. The van der Waals surface area contributed by atoms with Crippen LogP contribution in [0.25, 0.3) is 0 Å². The molecule has 0 aromatic rings. The van der Waals surface area contributed by atoms with Gasteiger partial charge in [0.1, 0.15) is 12.1 Å². The molecule has 0 fully saturated rings. The van der Waals surface area contributed by atoms with Crippen molar-refractivity contribution < 1.29 is 29.0 Å². The van der Waals surface area contributed by atoms with Crippen molar-refractivity contribution in [3.8, 4) is 0 Å². The summed E-state index contributed by atoms with van der Waals surface area (Å²) in [4.78, 5) is 36.7. The number of cyclic esters (lactones) is 1. The van der Waals surface area contributed by atoms with Crippen LogP contribution in [-0.4, -0.2) is 48.2 Å². The van der Waals surface area contributed by atoms with Crippen molar-refractivity contribution in [1.29, 1.82) is 0 Å². The Hall–Kier alpha value is -2.84. The first-order valence-corrected chi connectivity index (χ1v) is 11.9. The lowest BCUT2D eigenvalue weighted by Crippen LogP contribution is -2.52. The number of aliphatic hydroxyl groups excluding tert-OH is 1. The standard InChI is InChI=1S/C26H37ClN2O6/c1-18(27)13-14-19(30)10-9-17-28-24(32)23(26(2,3)4)29-22(31)12-8-6-7-11-20-15-16-21(34-5)25(33)35-20/h6-9,12-13,16-17,19-20,23,30H,10-11,14-15H2,1-5H3,(H,28,32)(H,29,31)/b7-6+,12-8+,17-9-,18-13+/t19-,20-,23-/m1/s1. The Morgan fingerprint density at radius 1 is 1.29 bits per heavy atom. The molecule has 1 rings (SSSR count). The number of rotatable bonds is 12. The van der Waals surface area contributed by atoms with Crippen LogP contribution < -0.4 is 10.6 Å². The summed E-state index contributed by atoms with van der Waals surface area (Å²) in [5, 5.41) is 15.9. The zero-order chi connectivity index (χ0) is 26.4. The maximum atomic E-state index is 12.6. The molecule has 194 valence electrons. The van der Waals surface area contributed by atoms with Gasteiger partial charge in [0.2, 0.25) is 11.8 Å². The third kappa shape index (κ3) is 12.4. The minimum absolute atomic E-state index is 0.210. The fourth-order valence-electron chi connectivity index (χ4n) is 3.05. The summed E-state index contributed by atoms with van der Waals surface area (Å²) in [7, 11) is 1.42. The van der Waals surface area contributed by atoms with Gasteiger partial charge in [0.05, 0.1) is 13.2 Å². The van der Waals surface area contributed by atoms with Gasteiger partial charge in [-0.25, -0.2) is 4.79 Å². The van der Waals surface area contributed by atoms with Gasteiger partial charge >= 0.3 is 5.97 Å². The Morgan fingerprint density at radius 2 is 2.00 bits per heavy atom. The number of esters is 1. The number of hydrogen-bond acceptors (Lipinski definition) is 6. The topological polar surface area (TPSA) is 114 Å². The van der Waals surface area contributed by atoms with Gasteiger partial charge < -0.3 is 25.2 Å². The smallest absolute Gasteiger partial charge is 0.373 e. The molecule has 0 spiro atoms. The van der Waals surface area contributed by atoms with Gasteiger partial charge in [0.25, 0.3) is 0 Å². The lowest BCUT2D eigenvalue weighted by molar-refractivity contribution is -0.149. The highest BCUT2D eigenvalue weighted by atomic mass is 35.5.